The number of carbonyl (C=O) groups excluding carboxylic acids is 1. The number of nitrogens with zero attached hydrogens (tertiary/aromatic N) is 2. The van der Waals surface area contributed by atoms with Crippen LogP contribution < -0.4 is 0 Å². The number of carbonyl (C=O) groups is 1. The molecule has 2 saturated heterocycles. The van der Waals surface area contributed by atoms with E-state index in [2.05, 4.69) is 23.1 Å². The SMILES string of the molecule is O=C(/C=C/c1cc(F)cc(F)c1)N1CCC(C2(N3CCC(c4cc[c-]cc4)CC3)CC2O)CC1.[CH3-].[U+2]. The zero-order valence-corrected chi connectivity index (χ0v) is 25.0. The minimum absolute atomic E-state index is 0. The molecule has 1 saturated carbocycles. The monoisotopic (exact) mass is 718 g/mol. The predicted molar refractivity (Wildman–Crippen MR) is 133 cm³/mol. The van der Waals surface area contributed by atoms with E-state index in [0.29, 0.717) is 30.5 Å². The van der Waals surface area contributed by atoms with Crippen LogP contribution in [0.4, 0.5) is 8.78 Å². The normalized spacial score (nSPS) is 25.3. The molecule has 4 nitrogen and oxygen atoms in total. The molecule has 1 N–H and O–H groups in total. The van der Waals surface area contributed by atoms with Crippen molar-refractivity contribution in [1.82, 2.24) is 9.80 Å². The summed E-state index contributed by atoms with van der Waals surface area (Å²) in [7, 11) is 0. The standard InChI is InChI=1S/C28H31F2N2O2.CH3.U/c29-24-16-20(17-25(30)18-24)6-7-27(34)31-12-10-23(11-13-31)28(19-26(28)33)32-14-8-22(9-15-32)21-4-2-1-3-5-21;;/h2-7,16-18,22-23,26,33H,8-15,19H2;1H3;/q2*-1;+2/b7-6+;;. The smallest absolute Gasteiger partial charge is 0.391 e. The first-order chi connectivity index (χ1) is 16.5. The molecular weight excluding hydrogens is 684 g/mol. The Morgan fingerprint density at radius 3 is 2.14 bits per heavy atom. The van der Waals surface area contributed by atoms with Gasteiger partial charge < -0.3 is 17.4 Å². The average molecular weight is 719 g/mol. The minimum Gasteiger partial charge on any atom is -0.391 e. The van der Waals surface area contributed by atoms with Crippen LogP contribution in [-0.2, 0) is 4.79 Å². The van der Waals surface area contributed by atoms with Gasteiger partial charge in [0.2, 0.25) is 5.91 Å². The fourth-order valence-corrected chi connectivity index (χ4v) is 6.13. The van der Waals surface area contributed by atoms with Gasteiger partial charge in [0.05, 0.1) is 11.6 Å². The van der Waals surface area contributed by atoms with Crippen LogP contribution in [0.25, 0.3) is 6.08 Å². The third-order valence-electron chi connectivity index (χ3n) is 8.05. The van der Waals surface area contributed by atoms with Gasteiger partial charge in [-0.25, -0.2) is 8.78 Å². The molecule has 0 spiro atoms. The van der Waals surface area contributed by atoms with Crippen LogP contribution in [0, 0.1) is 62.2 Å². The van der Waals surface area contributed by atoms with E-state index in [4.69, 9.17) is 0 Å². The van der Waals surface area contributed by atoms with Crippen LogP contribution >= 0.6 is 0 Å². The molecule has 0 radical (unpaired) electrons. The summed E-state index contributed by atoms with van der Waals surface area (Å²) < 4.78 is 26.7. The Morgan fingerprint density at radius 2 is 1.58 bits per heavy atom. The molecule has 3 aliphatic rings. The molecule has 36 heavy (non-hydrogen) atoms. The zero-order chi connectivity index (χ0) is 23.7. The summed E-state index contributed by atoms with van der Waals surface area (Å²) in [5.74, 6) is -0.526. The fourth-order valence-electron chi connectivity index (χ4n) is 6.13. The molecule has 2 heterocycles. The van der Waals surface area contributed by atoms with Gasteiger partial charge in [-0.05, 0) is 80.8 Å². The number of piperidine rings is 2. The Balaban J connectivity index is 0.00000180. The number of aliphatic hydroxyl groups excluding tert-OH is 1. The molecule has 2 aromatic carbocycles. The van der Waals surface area contributed by atoms with Gasteiger partial charge in [-0.1, -0.05) is 0 Å². The largest absolute Gasteiger partial charge is 2.00 e. The van der Waals surface area contributed by atoms with Crippen molar-refractivity contribution >= 4 is 12.0 Å². The topological polar surface area (TPSA) is 43.8 Å². The van der Waals surface area contributed by atoms with Crippen LogP contribution in [0.5, 0.6) is 0 Å². The number of amides is 1. The number of likely N-dealkylation sites (tertiary alicyclic amines) is 2. The summed E-state index contributed by atoms with van der Waals surface area (Å²) in [6.07, 6.45) is 7.30. The molecule has 7 heteroatoms. The second kappa shape index (κ2) is 12.4. The van der Waals surface area contributed by atoms with Crippen molar-refractivity contribution in [2.24, 2.45) is 5.92 Å². The van der Waals surface area contributed by atoms with E-state index in [1.165, 1.54) is 29.8 Å². The van der Waals surface area contributed by atoms with Crippen molar-refractivity contribution in [3.05, 3.63) is 84.8 Å². The van der Waals surface area contributed by atoms with Gasteiger partial charge in [0.1, 0.15) is 11.6 Å². The molecular formula is C29H34F2N2O2U. The van der Waals surface area contributed by atoms with E-state index in [-0.39, 0.29) is 56.1 Å². The molecule has 1 amide bonds. The van der Waals surface area contributed by atoms with E-state index in [0.717, 1.165) is 51.3 Å². The van der Waals surface area contributed by atoms with E-state index in [1.54, 1.807) is 4.90 Å². The number of aliphatic hydroxyl groups is 1. The van der Waals surface area contributed by atoms with Crippen molar-refractivity contribution in [2.75, 3.05) is 26.2 Å². The predicted octanol–water partition coefficient (Wildman–Crippen LogP) is 4.85. The van der Waals surface area contributed by atoms with Gasteiger partial charge >= 0.3 is 31.1 Å². The Morgan fingerprint density at radius 1 is 1.00 bits per heavy atom. The minimum atomic E-state index is -0.660. The molecule has 190 valence electrons. The molecule has 2 aliphatic heterocycles. The van der Waals surface area contributed by atoms with Gasteiger partial charge in [0, 0.05) is 25.2 Å². The summed E-state index contributed by atoms with van der Waals surface area (Å²) in [6.45, 7) is 3.26. The molecule has 0 aromatic heterocycles. The van der Waals surface area contributed by atoms with Gasteiger partial charge in [-0.3, -0.25) is 9.69 Å². The molecule has 2 unspecified atom stereocenters. The van der Waals surface area contributed by atoms with Crippen molar-refractivity contribution in [1.29, 1.82) is 0 Å². The summed E-state index contributed by atoms with van der Waals surface area (Å²) in [4.78, 5) is 17.0. The van der Waals surface area contributed by atoms with Gasteiger partial charge in [-0.2, -0.15) is 35.9 Å². The Bertz CT molecular complexity index is 1030. The Hall–Kier alpha value is -1.52. The average Bonchev–Trinajstić information content (AvgIpc) is 3.54. The Kier molecular flexibility index (Phi) is 9.96. The Labute approximate surface area is 237 Å². The first-order valence-electron chi connectivity index (χ1n) is 12.3. The first-order valence-corrected chi connectivity index (χ1v) is 12.3. The summed E-state index contributed by atoms with van der Waals surface area (Å²) in [5, 5.41) is 10.7. The fraction of sp³-hybridized carbons (Fsp3) is 0.448. The summed E-state index contributed by atoms with van der Waals surface area (Å²) in [6, 6.07) is 14.6. The van der Waals surface area contributed by atoms with Crippen LogP contribution in [0.15, 0.2) is 48.5 Å². The third-order valence-corrected chi connectivity index (χ3v) is 8.05. The number of benzene rings is 2. The molecule has 3 fully saturated rings. The maximum atomic E-state index is 13.4. The second-order valence-electron chi connectivity index (χ2n) is 9.94. The molecule has 2 aromatic rings. The van der Waals surface area contributed by atoms with Gasteiger partial charge in [-0.15, -0.1) is 0 Å². The molecule has 0 bridgehead atoms. The van der Waals surface area contributed by atoms with Crippen LogP contribution in [0.3, 0.4) is 0 Å². The number of hydrogen-bond acceptors (Lipinski definition) is 3. The van der Waals surface area contributed by atoms with Crippen LogP contribution in [0.1, 0.15) is 49.1 Å². The van der Waals surface area contributed by atoms with E-state index < -0.39 is 11.6 Å². The number of hydrogen-bond donors (Lipinski definition) is 1. The van der Waals surface area contributed by atoms with Crippen LogP contribution in [-0.4, -0.2) is 58.6 Å². The van der Waals surface area contributed by atoms with Gasteiger partial charge in [0.25, 0.3) is 0 Å². The van der Waals surface area contributed by atoms with Crippen molar-refractivity contribution in [2.45, 2.75) is 49.7 Å². The zero-order valence-electron chi connectivity index (χ0n) is 20.8. The molecule has 2 atom stereocenters. The quantitative estimate of drug-likeness (QED) is 0.356. The maximum Gasteiger partial charge on any atom is 2.00 e. The maximum absolute atomic E-state index is 13.4. The summed E-state index contributed by atoms with van der Waals surface area (Å²) >= 11 is 0. The molecule has 1 aliphatic carbocycles. The van der Waals surface area contributed by atoms with Crippen molar-refractivity contribution in [3.8, 4) is 0 Å². The molecule has 5 rings (SSSR count). The first kappa shape index (κ1) is 29.0. The number of halogens is 2. The van der Waals surface area contributed by atoms with Crippen molar-refractivity contribution < 1.29 is 49.8 Å². The number of rotatable bonds is 5. The van der Waals surface area contributed by atoms with Gasteiger partial charge in [0.15, 0.2) is 0 Å². The third kappa shape index (κ3) is 6.13. The van der Waals surface area contributed by atoms with E-state index in [9.17, 15) is 18.7 Å². The van der Waals surface area contributed by atoms with E-state index in [1.807, 2.05) is 12.1 Å². The van der Waals surface area contributed by atoms with Crippen LogP contribution in [0.2, 0.25) is 0 Å². The second-order valence-corrected chi connectivity index (χ2v) is 9.94. The van der Waals surface area contributed by atoms with E-state index >= 15 is 0 Å². The van der Waals surface area contributed by atoms with Crippen molar-refractivity contribution in [3.63, 3.8) is 0 Å². The summed E-state index contributed by atoms with van der Waals surface area (Å²) in [5.41, 5.74) is 1.57.